The Kier molecular flexibility index (Phi) is 3.64. The lowest BCUT2D eigenvalue weighted by Crippen LogP contribution is -2.25. The van der Waals surface area contributed by atoms with Crippen LogP contribution in [0.25, 0.3) is 0 Å². The molecule has 0 bridgehead atoms. The minimum Gasteiger partial charge on any atom is -0.368 e. The Bertz CT molecular complexity index is 308. The summed E-state index contributed by atoms with van der Waals surface area (Å²) in [5.74, 6) is -0.319. The highest BCUT2D eigenvalue weighted by Gasteiger charge is 2.14. The summed E-state index contributed by atoms with van der Waals surface area (Å²) in [6, 6.07) is -0.284. The second-order valence-corrected chi connectivity index (χ2v) is 3.17. The number of nitrogens with zero attached hydrogens (tertiary/aromatic N) is 2. The Morgan fingerprint density at radius 1 is 1.79 bits per heavy atom. The quantitative estimate of drug-likeness (QED) is 0.698. The van der Waals surface area contributed by atoms with Gasteiger partial charge in [-0.3, -0.25) is 4.79 Å². The van der Waals surface area contributed by atoms with Gasteiger partial charge >= 0.3 is 0 Å². The van der Waals surface area contributed by atoms with E-state index in [0.29, 0.717) is 13.0 Å². The summed E-state index contributed by atoms with van der Waals surface area (Å²) < 4.78 is 1.76. The Labute approximate surface area is 83.3 Å². The number of carbonyl (C=O) groups is 1. The molecular formula is C9H16N4O. The number of hydrogen-bond donors (Lipinski definition) is 2. The number of primary amides is 1. The molecule has 78 valence electrons. The molecule has 0 aliphatic heterocycles. The summed E-state index contributed by atoms with van der Waals surface area (Å²) in [5, 5.41) is 2.99. The van der Waals surface area contributed by atoms with Crippen LogP contribution in [0.15, 0.2) is 12.5 Å². The number of hydrogen-bond acceptors (Lipinski definition) is 3. The van der Waals surface area contributed by atoms with Crippen molar-refractivity contribution in [3.63, 3.8) is 0 Å². The number of amides is 1. The van der Waals surface area contributed by atoms with Crippen LogP contribution in [-0.4, -0.2) is 22.5 Å². The average Bonchev–Trinajstić information content (AvgIpc) is 2.54. The number of aromatic nitrogens is 2. The summed E-state index contributed by atoms with van der Waals surface area (Å²) >= 11 is 0. The van der Waals surface area contributed by atoms with Crippen molar-refractivity contribution in [3.8, 4) is 0 Å². The second-order valence-electron chi connectivity index (χ2n) is 3.17. The van der Waals surface area contributed by atoms with Gasteiger partial charge in [0.1, 0.15) is 6.04 Å². The van der Waals surface area contributed by atoms with Crippen LogP contribution in [0.3, 0.4) is 0 Å². The molecule has 0 aliphatic rings. The van der Waals surface area contributed by atoms with E-state index in [9.17, 15) is 4.79 Å². The lowest BCUT2D eigenvalue weighted by molar-refractivity contribution is -0.121. The molecule has 14 heavy (non-hydrogen) atoms. The van der Waals surface area contributed by atoms with Gasteiger partial charge in [-0.15, -0.1) is 0 Å². The van der Waals surface area contributed by atoms with E-state index in [2.05, 4.69) is 10.3 Å². The molecule has 1 atom stereocenters. The third-order valence-electron chi connectivity index (χ3n) is 2.09. The van der Waals surface area contributed by atoms with Crippen LogP contribution in [0.2, 0.25) is 0 Å². The minimum atomic E-state index is -0.319. The van der Waals surface area contributed by atoms with Crippen LogP contribution in [0.5, 0.6) is 0 Å². The topological polar surface area (TPSA) is 72.9 Å². The molecule has 0 radical (unpaired) electrons. The first-order chi connectivity index (χ1) is 6.69. The van der Waals surface area contributed by atoms with Crippen LogP contribution in [0.1, 0.15) is 25.1 Å². The van der Waals surface area contributed by atoms with Crippen LogP contribution < -0.4 is 11.1 Å². The Hall–Kier alpha value is -1.36. The van der Waals surface area contributed by atoms with Crippen molar-refractivity contribution < 1.29 is 4.79 Å². The first-order valence-corrected chi connectivity index (χ1v) is 4.65. The third kappa shape index (κ3) is 2.32. The summed E-state index contributed by atoms with van der Waals surface area (Å²) in [6.45, 7) is 2.62. The van der Waals surface area contributed by atoms with Crippen LogP contribution >= 0.6 is 0 Å². The van der Waals surface area contributed by atoms with E-state index < -0.39 is 0 Å². The van der Waals surface area contributed by atoms with Crippen molar-refractivity contribution in [3.05, 3.63) is 18.2 Å². The summed E-state index contributed by atoms with van der Waals surface area (Å²) in [4.78, 5) is 15.2. The normalized spacial score (nSPS) is 12.7. The number of nitrogens with one attached hydrogen (secondary N) is 1. The largest absolute Gasteiger partial charge is 0.368 e. The van der Waals surface area contributed by atoms with Crippen molar-refractivity contribution in [1.29, 1.82) is 0 Å². The Balaban J connectivity index is 2.78. The fourth-order valence-electron chi connectivity index (χ4n) is 1.38. The maximum atomic E-state index is 11.1. The zero-order chi connectivity index (χ0) is 10.6. The van der Waals surface area contributed by atoms with Crippen molar-refractivity contribution >= 4 is 5.91 Å². The SMILES string of the molecule is CCC(C(N)=O)n1cnc(CNC)c1. The fraction of sp³-hybridized carbons (Fsp3) is 0.556. The predicted molar refractivity (Wildman–Crippen MR) is 53.5 cm³/mol. The maximum Gasteiger partial charge on any atom is 0.240 e. The molecule has 0 spiro atoms. The van der Waals surface area contributed by atoms with Gasteiger partial charge in [-0.05, 0) is 13.5 Å². The van der Waals surface area contributed by atoms with Gasteiger partial charge < -0.3 is 15.6 Å². The molecule has 0 aromatic carbocycles. The highest BCUT2D eigenvalue weighted by atomic mass is 16.1. The number of rotatable bonds is 5. The average molecular weight is 196 g/mol. The van der Waals surface area contributed by atoms with Crippen molar-refractivity contribution in [2.45, 2.75) is 25.9 Å². The zero-order valence-electron chi connectivity index (χ0n) is 8.53. The lowest BCUT2D eigenvalue weighted by atomic mass is 10.2. The first-order valence-electron chi connectivity index (χ1n) is 4.65. The second kappa shape index (κ2) is 4.76. The summed E-state index contributed by atoms with van der Waals surface area (Å²) in [5.41, 5.74) is 6.17. The Morgan fingerprint density at radius 2 is 2.50 bits per heavy atom. The van der Waals surface area contributed by atoms with E-state index in [1.54, 1.807) is 10.9 Å². The highest BCUT2D eigenvalue weighted by Crippen LogP contribution is 2.10. The molecule has 1 heterocycles. The maximum absolute atomic E-state index is 11.1. The smallest absolute Gasteiger partial charge is 0.240 e. The van der Waals surface area contributed by atoms with E-state index in [1.165, 1.54) is 0 Å². The molecule has 5 heteroatoms. The van der Waals surface area contributed by atoms with Gasteiger partial charge in [0.25, 0.3) is 0 Å². The minimum absolute atomic E-state index is 0.284. The van der Waals surface area contributed by atoms with Crippen LogP contribution in [0, 0.1) is 0 Å². The molecule has 0 saturated carbocycles. The zero-order valence-corrected chi connectivity index (χ0v) is 8.53. The summed E-state index contributed by atoms with van der Waals surface area (Å²) in [7, 11) is 1.85. The Morgan fingerprint density at radius 3 is 3.00 bits per heavy atom. The van der Waals surface area contributed by atoms with E-state index >= 15 is 0 Å². The van der Waals surface area contributed by atoms with Gasteiger partial charge in [0.2, 0.25) is 5.91 Å². The van der Waals surface area contributed by atoms with Gasteiger partial charge in [-0.1, -0.05) is 6.92 Å². The molecule has 1 aromatic rings. The van der Waals surface area contributed by atoms with Gasteiger partial charge in [0.05, 0.1) is 12.0 Å². The lowest BCUT2D eigenvalue weighted by Gasteiger charge is -2.11. The predicted octanol–water partition coefficient (Wildman–Crippen LogP) is 0.0389. The molecule has 0 fully saturated rings. The number of imidazole rings is 1. The van der Waals surface area contributed by atoms with E-state index in [0.717, 1.165) is 5.69 Å². The van der Waals surface area contributed by atoms with Gasteiger partial charge in [0.15, 0.2) is 0 Å². The number of carbonyl (C=O) groups excluding carboxylic acids is 1. The van der Waals surface area contributed by atoms with Crippen molar-refractivity contribution in [2.75, 3.05) is 7.05 Å². The monoisotopic (exact) mass is 196 g/mol. The van der Waals surface area contributed by atoms with Crippen molar-refractivity contribution in [2.24, 2.45) is 5.73 Å². The molecule has 1 aromatic heterocycles. The third-order valence-corrected chi connectivity index (χ3v) is 2.09. The van der Waals surface area contributed by atoms with Gasteiger partial charge in [0, 0.05) is 12.7 Å². The van der Waals surface area contributed by atoms with E-state index in [4.69, 9.17) is 5.73 Å². The van der Waals surface area contributed by atoms with Crippen LogP contribution in [-0.2, 0) is 11.3 Å². The van der Waals surface area contributed by atoms with E-state index in [1.807, 2.05) is 20.2 Å². The molecular weight excluding hydrogens is 180 g/mol. The van der Waals surface area contributed by atoms with Gasteiger partial charge in [-0.2, -0.15) is 0 Å². The molecule has 3 N–H and O–H groups in total. The van der Waals surface area contributed by atoms with Crippen molar-refractivity contribution in [1.82, 2.24) is 14.9 Å². The molecule has 0 aliphatic carbocycles. The molecule has 0 saturated heterocycles. The van der Waals surface area contributed by atoms with E-state index in [-0.39, 0.29) is 11.9 Å². The summed E-state index contributed by atoms with van der Waals surface area (Å²) in [6.07, 6.45) is 4.17. The molecule has 1 unspecified atom stereocenters. The number of nitrogens with two attached hydrogens (primary N) is 1. The molecule has 1 rings (SSSR count). The molecule has 5 nitrogen and oxygen atoms in total. The highest BCUT2D eigenvalue weighted by molar-refractivity contribution is 5.78. The van der Waals surface area contributed by atoms with Crippen LogP contribution in [0.4, 0.5) is 0 Å². The van der Waals surface area contributed by atoms with Gasteiger partial charge in [-0.25, -0.2) is 4.98 Å². The first kappa shape index (κ1) is 10.7. The molecule has 1 amide bonds. The fourth-order valence-corrected chi connectivity index (χ4v) is 1.38. The standard InChI is InChI=1S/C9H16N4O/c1-3-8(9(10)14)13-5-7(4-11-2)12-6-13/h5-6,8,11H,3-4H2,1-2H3,(H2,10,14).